The Hall–Kier alpha value is -11.7. The molecule has 0 radical (unpaired) electrons. The summed E-state index contributed by atoms with van der Waals surface area (Å²) in [6.07, 6.45) is 0. The van der Waals surface area contributed by atoms with Crippen LogP contribution in [0.25, 0.3) is 160 Å². The van der Waals surface area contributed by atoms with Gasteiger partial charge in [-0.2, -0.15) is 0 Å². The molecule has 8 nitrogen and oxygen atoms in total. The summed E-state index contributed by atoms with van der Waals surface area (Å²) in [6, 6.07) is 98.5. The smallest absolute Gasteiger partial charge is 0.188 e. The number of aromatic nitrogens is 7. The molecular formula is C76H46N8. The zero-order chi connectivity index (χ0) is 55.4. The van der Waals surface area contributed by atoms with Gasteiger partial charge in [-0.1, -0.05) is 200 Å². The van der Waals surface area contributed by atoms with Crippen LogP contribution in [0.3, 0.4) is 0 Å². The fourth-order valence-corrected chi connectivity index (χ4v) is 13.3. The molecule has 5 heterocycles. The molecule has 0 atom stereocenters. The van der Waals surface area contributed by atoms with Crippen LogP contribution in [0.1, 0.15) is 0 Å². The average molecular weight is 1070 g/mol. The molecule has 0 spiro atoms. The molecule has 0 saturated carbocycles. The van der Waals surface area contributed by atoms with E-state index in [1.807, 2.05) is 66.7 Å². The summed E-state index contributed by atoms with van der Waals surface area (Å²) in [4.78, 5) is 19.8. The third-order valence-electron chi connectivity index (χ3n) is 16.8. The zero-order valence-electron chi connectivity index (χ0n) is 45.1. The van der Waals surface area contributed by atoms with Gasteiger partial charge in [-0.15, -0.1) is 0 Å². The van der Waals surface area contributed by atoms with Gasteiger partial charge >= 0.3 is 0 Å². The van der Waals surface area contributed by atoms with Gasteiger partial charge in [0.2, 0.25) is 0 Å². The first-order valence-corrected chi connectivity index (χ1v) is 28.2. The van der Waals surface area contributed by atoms with Crippen molar-refractivity contribution in [3.63, 3.8) is 0 Å². The van der Waals surface area contributed by atoms with Crippen molar-refractivity contribution < 1.29 is 0 Å². The van der Waals surface area contributed by atoms with Crippen molar-refractivity contribution in [3.8, 4) is 68.0 Å². The quantitative estimate of drug-likeness (QED) is 0.142. The third-order valence-corrected chi connectivity index (χ3v) is 16.8. The molecule has 0 amide bonds. The van der Waals surface area contributed by atoms with E-state index in [4.69, 9.17) is 21.5 Å². The van der Waals surface area contributed by atoms with Gasteiger partial charge in [-0.3, -0.25) is 0 Å². The summed E-state index contributed by atoms with van der Waals surface area (Å²) in [5.74, 6) is 1.70. The second-order valence-corrected chi connectivity index (χ2v) is 21.4. The number of hydrogen-bond donors (Lipinski definition) is 0. The second-order valence-electron chi connectivity index (χ2n) is 21.4. The molecule has 0 aliphatic carbocycles. The lowest BCUT2D eigenvalue weighted by atomic mass is 9.97. The third kappa shape index (κ3) is 7.09. The van der Waals surface area contributed by atoms with Crippen molar-refractivity contribution in [2.75, 3.05) is 0 Å². The largest absolute Gasteiger partial charge is 0.309 e. The Balaban J connectivity index is 0.999. The molecular weight excluding hydrogens is 1020 g/mol. The Morgan fingerprint density at radius 1 is 0.274 bits per heavy atom. The normalized spacial score (nSPS) is 11.8. The number of para-hydroxylation sites is 6. The minimum atomic E-state index is 0.532. The standard InChI is InChI=1S/C76H46N8/c1-77-51-39-43-66(83-64-36-20-16-32-59(64)70-67(83)44-41-57-54-30-14-18-34-62(54)81(72(57)70)52-26-10-4-11-27-52)61(47-51)56-40-38-50(76-79-74(48-22-6-2-7-23-48)78-75(80-76)49-24-8-3-9-25-49)46-69(56)84-65-37-21-17-33-60(65)71-68(84)45-42-58-55-31-15-19-35-63(55)82(73(58)71)53-28-12-5-13-29-53/h2-47H. The minimum Gasteiger partial charge on any atom is -0.309 e. The maximum atomic E-state index is 8.60. The van der Waals surface area contributed by atoms with Crippen LogP contribution in [-0.4, -0.2) is 33.2 Å². The molecule has 8 heteroatoms. The lowest BCUT2D eigenvalue weighted by molar-refractivity contribution is 1.07. The van der Waals surface area contributed by atoms with E-state index in [0.29, 0.717) is 23.2 Å². The van der Waals surface area contributed by atoms with E-state index in [0.717, 1.165) is 116 Å². The number of fused-ring (bicyclic) bond motifs is 14. The van der Waals surface area contributed by atoms with Gasteiger partial charge in [0.1, 0.15) is 0 Å². The van der Waals surface area contributed by atoms with E-state index in [9.17, 15) is 0 Å². The molecule has 0 saturated heterocycles. The molecule has 12 aromatic carbocycles. The van der Waals surface area contributed by atoms with E-state index in [1.54, 1.807) is 0 Å². The van der Waals surface area contributed by atoms with Crippen LogP contribution in [0.2, 0.25) is 0 Å². The highest BCUT2D eigenvalue weighted by Crippen LogP contribution is 2.48. The molecule has 0 fully saturated rings. The van der Waals surface area contributed by atoms with E-state index in [1.165, 1.54) is 21.5 Å². The summed E-state index contributed by atoms with van der Waals surface area (Å²) in [7, 11) is 0. The number of rotatable bonds is 8. The lowest BCUT2D eigenvalue weighted by Gasteiger charge is -2.20. The van der Waals surface area contributed by atoms with Crippen LogP contribution >= 0.6 is 0 Å². The average Bonchev–Trinajstić information content (AvgIpc) is 1.66. The molecule has 5 aromatic heterocycles. The Kier molecular flexibility index (Phi) is 10.5. The maximum absolute atomic E-state index is 8.60. The number of benzene rings is 12. The Morgan fingerprint density at radius 2 is 0.679 bits per heavy atom. The molecule has 0 N–H and O–H groups in total. The van der Waals surface area contributed by atoms with Gasteiger partial charge in [0.25, 0.3) is 0 Å². The van der Waals surface area contributed by atoms with Crippen molar-refractivity contribution in [1.29, 1.82) is 0 Å². The van der Waals surface area contributed by atoms with Crippen LogP contribution in [0.5, 0.6) is 0 Å². The van der Waals surface area contributed by atoms with Crippen LogP contribution in [0.15, 0.2) is 279 Å². The molecule has 17 rings (SSSR count). The van der Waals surface area contributed by atoms with Crippen LogP contribution in [-0.2, 0) is 0 Å². The second kappa shape index (κ2) is 18.7. The zero-order valence-corrected chi connectivity index (χ0v) is 45.1. The first-order chi connectivity index (χ1) is 41.7. The highest BCUT2D eigenvalue weighted by atomic mass is 15.1. The molecule has 390 valence electrons. The number of nitrogens with zero attached hydrogens (tertiary/aromatic N) is 8. The first-order valence-electron chi connectivity index (χ1n) is 28.2. The molecule has 0 aliphatic heterocycles. The van der Waals surface area contributed by atoms with Gasteiger partial charge < -0.3 is 18.3 Å². The minimum absolute atomic E-state index is 0.532. The van der Waals surface area contributed by atoms with Crippen molar-refractivity contribution >= 4 is 92.9 Å². The van der Waals surface area contributed by atoms with Gasteiger partial charge in [0, 0.05) is 76.7 Å². The van der Waals surface area contributed by atoms with E-state index >= 15 is 0 Å². The van der Waals surface area contributed by atoms with E-state index in [2.05, 4.69) is 235 Å². The molecule has 84 heavy (non-hydrogen) atoms. The maximum Gasteiger partial charge on any atom is 0.188 e. The number of hydrogen-bond acceptors (Lipinski definition) is 3. The predicted octanol–water partition coefficient (Wildman–Crippen LogP) is 19.5. The predicted molar refractivity (Wildman–Crippen MR) is 345 cm³/mol. The SMILES string of the molecule is [C-]#[N+]c1ccc(-n2c3ccccc3c3c2ccc2c4ccccc4n(-c4ccccc4)c23)c(-c2ccc(-c3nc(-c4ccccc4)nc(-c4ccccc4)n3)cc2-n2c3ccccc3c3c2ccc2c4ccccc4n(-c4ccccc4)c23)c1. The Labute approximate surface area is 482 Å². The van der Waals surface area contributed by atoms with Crippen molar-refractivity contribution in [3.05, 3.63) is 290 Å². The Morgan fingerprint density at radius 3 is 1.15 bits per heavy atom. The lowest BCUT2D eigenvalue weighted by Crippen LogP contribution is -2.04. The van der Waals surface area contributed by atoms with Gasteiger partial charge in [-0.25, -0.2) is 19.8 Å². The fraction of sp³-hybridized carbons (Fsp3) is 0. The van der Waals surface area contributed by atoms with E-state index in [-0.39, 0.29) is 0 Å². The first kappa shape index (κ1) is 47.2. The molecule has 0 aliphatic rings. The summed E-state index contributed by atoms with van der Waals surface area (Å²) in [5.41, 5.74) is 17.7. The highest BCUT2D eigenvalue weighted by molar-refractivity contribution is 6.28. The molecule has 0 bridgehead atoms. The van der Waals surface area contributed by atoms with Crippen LogP contribution in [0, 0.1) is 6.57 Å². The van der Waals surface area contributed by atoms with Crippen LogP contribution in [0.4, 0.5) is 5.69 Å². The monoisotopic (exact) mass is 1070 g/mol. The topological polar surface area (TPSA) is 62.8 Å². The van der Waals surface area contributed by atoms with Crippen LogP contribution < -0.4 is 0 Å². The van der Waals surface area contributed by atoms with Gasteiger partial charge in [-0.05, 0) is 84.4 Å². The van der Waals surface area contributed by atoms with Crippen molar-refractivity contribution in [2.45, 2.75) is 0 Å². The van der Waals surface area contributed by atoms with Crippen molar-refractivity contribution in [2.24, 2.45) is 0 Å². The van der Waals surface area contributed by atoms with Gasteiger partial charge in [0.15, 0.2) is 23.2 Å². The molecule has 17 aromatic rings. The summed E-state index contributed by atoms with van der Waals surface area (Å²) in [5, 5.41) is 9.26. The van der Waals surface area contributed by atoms with Gasteiger partial charge in [0.05, 0.1) is 62.1 Å². The Bertz CT molecular complexity index is 5490. The van der Waals surface area contributed by atoms with Crippen molar-refractivity contribution in [1.82, 2.24) is 33.2 Å². The highest BCUT2D eigenvalue weighted by Gasteiger charge is 2.27. The van der Waals surface area contributed by atoms with E-state index < -0.39 is 0 Å². The fourth-order valence-electron chi connectivity index (χ4n) is 13.3. The molecule has 0 unspecified atom stereocenters. The summed E-state index contributed by atoms with van der Waals surface area (Å²) in [6.45, 7) is 8.60. The summed E-state index contributed by atoms with van der Waals surface area (Å²) < 4.78 is 9.69. The summed E-state index contributed by atoms with van der Waals surface area (Å²) >= 11 is 0.